The molecule has 5 nitrogen and oxygen atoms in total. The molecule has 0 bridgehead atoms. The van der Waals surface area contributed by atoms with Crippen LogP contribution in [-0.2, 0) is 0 Å². The molecule has 0 radical (unpaired) electrons. The maximum atomic E-state index is 13.1. The molecule has 0 aliphatic carbocycles. The van der Waals surface area contributed by atoms with Crippen LogP contribution in [0.4, 0.5) is 15.8 Å². The van der Waals surface area contributed by atoms with Crippen LogP contribution in [0.15, 0.2) is 36.4 Å². The van der Waals surface area contributed by atoms with E-state index in [1.54, 1.807) is 6.07 Å². The van der Waals surface area contributed by atoms with E-state index in [0.717, 1.165) is 6.07 Å². The van der Waals surface area contributed by atoms with Crippen molar-refractivity contribution in [2.45, 2.75) is 0 Å². The van der Waals surface area contributed by atoms with Gasteiger partial charge in [-0.15, -0.1) is 0 Å². The maximum absolute atomic E-state index is 13.1. The molecular weight excluding hydrogens is 263 g/mol. The molecule has 0 heterocycles. The molecule has 0 aromatic heterocycles. The number of methoxy groups -OCH3 is 1. The van der Waals surface area contributed by atoms with E-state index in [1.807, 2.05) is 0 Å². The normalized spacial score (nSPS) is 10.1. The predicted molar refractivity (Wildman–Crippen MR) is 73.4 cm³/mol. The number of anilines is 2. The van der Waals surface area contributed by atoms with Gasteiger partial charge in [0.25, 0.3) is 5.91 Å². The summed E-state index contributed by atoms with van der Waals surface area (Å²) < 4.78 is 18.0. The molecule has 0 saturated carbocycles. The SMILES string of the molecule is COc1cc(F)ccc1NC(=O)c1cccc(N)c1O. The molecule has 4 N–H and O–H groups in total. The molecule has 0 atom stereocenters. The van der Waals surface area contributed by atoms with Gasteiger partial charge >= 0.3 is 0 Å². The molecule has 0 spiro atoms. The Kier molecular flexibility index (Phi) is 3.74. The number of ether oxygens (including phenoxy) is 1. The highest BCUT2D eigenvalue weighted by Crippen LogP contribution is 2.28. The van der Waals surface area contributed by atoms with E-state index >= 15 is 0 Å². The van der Waals surface area contributed by atoms with Gasteiger partial charge in [-0.1, -0.05) is 6.07 Å². The van der Waals surface area contributed by atoms with E-state index in [-0.39, 0.29) is 22.7 Å². The average Bonchev–Trinajstić information content (AvgIpc) is 2.43. The molecular formula is C14H13FN2O3. The van der Waals surface area contributed by atoms with E-state index in [0.29, 0.717) is 5.69 Å². The molecule has 2 aromatic carbocycles. The monoisotopic (exact) mass is 276 g/mol. The van der Waals surface area contributed by atoms with Crippen LogP contribution in [0.2, 0.25) is 0 Å². The maximum Gasteiger partial charge on any atom is 0.259 e. The Hall–Kier alpha value is -2.76. The van der Waals surface area contributed by atoms with Gasteiger partial charge in [0.05, 0.1) is 24.0 Å². The minimum atomic E-state index is -0.570. The number of carbonyl (C=O) groups is 1. The molecule has 0 aliphatic heterocycles. The van der Waals surface area contributed by atoms with Crippen molar-refractivity contribution < 1.29 is 19.0 Å². The zero-order valence-corrected chi connectivity index (χ0v) is 10.7. The Bertz CT molecular complexity index is 659. The number of rotatable bonds is 3. The molecule has 20 heavy (non-hydrogen) atoms. The van der Waals surface area contributed by atoms with Crippen molar-refractivity contribution in [1.29, 1.82) is 0 Å². The number of nitrogens with two attached hydrogens (primary N) is 1. The van der Waals surface area contributed by atoms with Gasteiger partial charge in [0.1, 0.15) is 11.6 Å². The van der Waals surface area contributed by atoms with Crippen molar-refractivity contribution in [3.8, 4) is 11.5 Å². The summed E-state index contributed by atoms with van der Waals surface area (Å²) in [5, 5.41) is 12.3. The summed E-state index contributed by atoms with van der Waals surface area (Å²) in [7, 11) is 1.36. The van der Waals surface area contributed by atoms with Gasteiger partial charge in [-0.05, 0) is 24.3 Å². The summed E-state index contributed by atoms with van der Waals surface area (Å²) in [4.78, 5) is 12.1. The Morgan fingerprint density at radius 2 is 2.10 bits per heavy atom. The topological polar surface area (TPSA) is 84.6 Å². The summed E-state index contributed by atoms with van der Waals surface area (Å²) in [6.45, 7) is 0. The van der Waals surface area contributed by atoms with Gasteiger partial charge in [0.15, 0.2) is 5.75 Å². The first-order chi connectivity index (χ1) is 9.52. The Balaban J connectivity index is 2.30. The first kappa shape index (κ1) is 13.7. The summed E-state index contributed by atoms with van der Waals surface area (Å²) in [5.41, 5.74) is 5.94. The second-order valence-corrected chi connectivity index (χ2v) is 4.04. The highest BCUT2D eigenvalue weighted by atomic mass is 19.1. The number of benzene rings is 2. The van der Waals surface area contributed by atoms with Crippen molar-refractivity contribution in [2.24, 2.45) is 0 Å². The second kappa shape index (κ2) is 5.48. The van der Waals surface area contributed by atoms with Crippen molar-refractivity contribution in [2.75, 3.05) is 18.2 Å². The summed E-state index contributed by atoms with van der Waals surface area (Å²) in [6.07, 6.45) is 0. The number of phenols is 1. The number of carbonyl (C=O) groups excluding carboxylic acids is 1. The molecule has 0 aliphatic rings. The molecule has 2 rings (SSSR count). The fourth-order valence-electron chi connectivity index (χ4n) is 1.70. The van der Waals surface area contributed by atoms with E-state index in [9.17, 15) is 14.3 Å². The van der Waals surface area contributed by atoms with Crippen molar-refractivity contribution in [3.63, 3.8) is 0 Å². The lowest BCUT2D eigenvalue weighted by Gasteiger charge is -2.11. The smallest absolute Gasteiger partial charge is 0.259 e. The minimum absolute atomic E-state index is 0.0244. The largest absolute Gasteiger partial charge is 0.505 e. The number of para-hydroxylation sites is 1. The first-order valence-electron chi connectivity index (χ1n) is 5.75. The number of amides is 1. The van der Waals surface area contributed by atoms with Gasteiger partial charge < -0.3 is 20.9 Å². The molecule has 0 fully saturated rings. The molecule has 104 valence electrons. The van der Waals surface area contributed by atoms with Gasteiger partial charge in [-0.25, -0.2) is 4.39 Å². The summed E-state index contributed by atoms with van der Waals surface area (Å²) in [6, 6.07) is 8.16. The zero-order chi connectivity index (χ0) is 14.7. The quantitative estimate of drug-likeness (QED) is 0.593. The van der Waals surface area contributed by atoms with Crippen molar-refractivity contribution in [3.05, 3.63) is 47.8 Å². The molecule has 0 saturated heterocycles. The fraction of sp³-hybridized carbons (Fsp3) is 0.0714. The first-order valence-corrected chi connectivity index (χ1v) is 5.75. The Morgan fingerprint density at radius 3 is 2.80 bits per heavy atom. The van der Waals surface area contributed by atoms with Crippen molar-refractivity contribution >= 4 is 17.3 Å². The number of hydrogen-bond acceptors (Lipinski definition) is 4. The van der Waals surface area contributed by atoms with E-state index in [1.165, 1.54) is 31.4 Å². The van der Waals surface area contributed by atoms with Crippen LogP contribution < -0.4 is 15.8 Å². The van der Waals surface area contributed by atoms with Crippen LogP contribution in [0.5, 0.6) is 11.5 Å². The van der Waals surface area contributed by atoms with Crippen LogP contribution in [0, 0.1) is 5.82 Å². The second-order valence-electron chi connectivity index (χ2n) is 4.04. The minimum Gasteiger partial charge on any atom is -0.505 e. The number of hydrogen-bond donors (Lipinski definition) is 3. The van der Waals surface area contributed by atoms with Gasteiger partial charge in [0.2, 0.25) is 0 Å². The molecule has 1 amide bonds. The van der Waals surface area contributed by atoms with Crippen LogP contribution in [-0.4, -0.2) is 18.1 Å². The van der Waals surface area contributed by atoms with E-state index < -0.39 is 11.7 Å². The number of halogens is 1. The summed E-state index contributed by atoms with van der Waals surface area (Å²) >= 11 is 0. The van der Waals surface area contributed by atoms with Gasteiger partial charge in [-0.3, -0.25) is 4.79 Å². The van der Waals surface area contributed by atoms with Crippen LogP contribution >= 0.6 is 0 Å². The Labute approximate surface area is 114 Å². The lowest BCUT2D eigenvalue weighted by molar-refractivity contribution is 0.102. The molecule has 0 unspecified atom stereocenters. The van der Waals surface area contributed by atoms with Gasteiger partial charge in [0, 0.05) is 6.07 Å². The van der Waals surface area contributed by atoms with E-state index in [4.69, 9.17) is 10.5 Å². The van der Waals surface area contributed by atoms with Crippen molar-refractivity contribution in [1.82, 2.24) is 0 Å². The zero-order valence-electron chi connectivity index (χ0n) is 10.7. The van der Waals surface area contributed by atoms with Crippen LogP contribution in [0.3, 0.4) is 0 Å². The third-order valence-electron chi connectivity index (χ3n) is 2.72. The van der Waals surface area contributed by atoms with Crippen LogP contribution in [0.25, 0.3) is 0 Å². The van der Waals surface area contributed by atoms with Crippen LogP contribution in [0.1, 0.15) is 10.4 Å². The Morgan fingerprint density at radius 1 is 1.35 bits per heavy atom. The number of phenolic OH excluding ortho intramolecular Hbond substituents is 1. The molecule has 2 aromatic rings. The number of nitrogens with one attached hydrogen (secondary N) is 1. The highest BCUT2D eigenvalue weighted by molar-refractivity contribution is 6.07. The summed E-state index contributed by atoms with van der Waals surface area (Å²) in [5.74, 6) is -1.17. The average molecular weight is 276 g/mol. The van der Waals surface area contributed by atoms with Gasteiger partial charge in [-0.2, -0.15) is 0 Å². The standard InChI is InChI=1S/C14H13FN2O3/c1-20-12-7-8(15)5-6-11(12)17-14(19)9-3-2-4-10(16)13(9)18/h2-7,18H,16H2,1H3,(H,17,19). The van der Waals surface area contributed by atoms with E-state index in [2.05, 4.69) is 5.32 Å². The lowest BCUT2D eigenvalue weighted by atomic mass is 10.1. The molecule has 6 heteroatoms. The number of nitrogen functional groups attached to an aromatic ring is 1. The lowest BCUT2D eigenvalue weighted by Crippen LogP contribution is -2.13. The third kappa shape index (κ3) is 2.64. The fourth-order valence-corrected chi connectivity index (χ4v) is 1.70. The highest BCUT2D eigenvalue weighted by Gasteiger charge is 2.15. The number of aromatic hydroxyl groups is 1. The predicted octanol–water partition coefficient (Wildman–Crippen LogP) is 2.37. The third-order valence-corrected chi connectivity index (χ3v) is 2.72.